The molecule has 0 spiro atoms. The summed E-state index contributed by atoms with van der Waals surface area (Å²) >= 11 is 3.41. The number of hydrogen-bond acceptors (Lipinski definition) is 5. The number of hydrogen-bond donors (Lipinski definition) is 1. The maximum Gasteiger partial charge on any atom is 0.350 e. The summed E-state index contributed by atoms with van der Waals surface area (Å²) in [5.41, 5.74) is 0.411. The van der Waals surface area contributed by atoms with Crippen molar-refractivity contribution in [1.82, 2.24) is 0 Å². The third kappa shape index (κ3) is 3.61. The van der Waals surface area contributed by atoms with Crippen molar-refractivity contribution in [3.63, 3.8) is 0 Å². The molecule has 1 aliphatic rings. The van der Waals surface area contributed by atoms with E-state index >= 15 is 0 Å². The maximum atomic E-state index is 12.3. The van der Waals surface area contributed by atoms with Crippen LogP contribution in [0.3, 0.4) is 0 Å². The highest BCUT2D eigenvalue weighted by molar-refractivity contribution is 9.10. The lowest BCUT2D eigenvalue weighted by Gasteiger charge is -2.36. The number of benzene rings is 2. The van der Waals surface area contributed by atoms with Crippen LogP contribution in [-0.4, -0.2) is 17.7 Å². The van der Waals surface area contributed by atoms with Gasteiger partial charge in [-0.25, -0.2) is 4.79 Å². The molecule has 5 nitrogen and oxygen atoms in total. The van der Waals surface area contributed by atoms with Gasteiger partial charge in [0.15, 0.2) is 11.3 Å². The van der Waals surface area contributed by atoms with Gasteiger partial charge in [-0.1, -0.05) is 46.3 Å². The summed E-state index contributed by atoms with van der Waals surface area (Å²) in [5.74, 6) is -0.672. The van der Waals surface area contributed by atoms with Crippen molar-refractivity contribution in [2.24, 2.45) is 0 Å². The fourth-order valence-electron chi connectivity index (χ4n) is 3.35. The molecule has 0 radical (unpaired) electrons. The highest BCUT2D eigenvalue weighted by atomic mass is 79.9. The molecular formula is C21H19BrN2O3. The Morgan fingerprint density at radius 2 is 1.93 bits per heavy atom. The second-order valence-corrected chi connectivity index (χ2v) is 7.06. The largest absolute Gasteiger partial charge is 0.462 e. The molecule has 0 bridgehead atoms. The van der Waals surface area contributed by atoms with Crippen molar-refractivity contribution in [3.8, 4) is 6.07 Å². The van der Waals surface area contributed by atoms with Gasteiger partial charge in [0.1, 0.15) is 6.07 Å². The Morgan fingerprint density at radius 1 is 1.26 bits per heavy atom. The monoisotopic (exact) mass is 426 g/mol. The summed E-state index contributed by atoms with van der Waals surface area (Å²) in [6, 6.07) is 18.6. The highest BCUT2D eigenvalue weighted by Crippen LogP contribution is 2.46. The number of nitrogens with zero attached hydrogens (tertiary/aromatic N) is 2. The van der Waals surface area contributed by atoms with Crippen LogP contribution in [0, 0.1) is 11.3 Å². The van der Waals surface area contributed by atoms with Crippen molar-refractivity contribution >= 4 is 27.6 Å². The van der Waals surface area contributed by atoms with Gasteiger partial charge in [0.05, 0.1) is 6.61 Å². The van der Waals surface area contributed by atoms with Gasteiger partial charge < -0.3 is 14.7 Å². The average molecular weight is 427 g/mol. The molecular weight excluding hydrogens is 408 g/mol. The van der Waals surface area contributed by atoms with Crippen LogP contribution in [0.15, 0.2) is 70.3 Å². The van der Waals surface area contributed by atoms with Gasteiger partial charge >= 0.3 is 5.97 Å². The third-order valence-corrected chi connectivity index (χ3v) is 5.08. The number of anilines is 1. The van der Waals surface area contributed by atoms with Gasteiger partial charge in [-0.05, 0) is 37.6 Å². The highest BCUT2D eigenvalue weighted by Gasteiger charge is 2.46. The van der Waals surface area contributed by atoms with Crippen LogP contribution in [-0.2, 0) is 15.3 Å². The molecule has 0 aliphatic carbocycles. The summed E-state index contributed by atoms with van der Waals surface area (Å²) in [6.07, 6.45) is 0.732. The second-order valence-electron chi connectivity index (χ2n) is 6.15. The van der Waals surface area contributed by atoms with Crippen LogP contribution in [0.1, 0.15) is 25.3 Å². The van der Waals surface area contributed by atoms with Gasteiger partial charge in [-0.15, -0.1) is 0 Å². The summed E-state index contributed by atoms with van der Waals surface area (Å²) in [6.45, 7) is 1.87. The van der Waals surface area contributed by atoms with Crippen LogP contribution in [0.2, 0.25) is 0 Å². The molecule has 27 heavy (non-hydrogen) atoms. The van der Waals surface area contributed by atoms with Gasteiger partial charge in [-0.3, -0.25) is 0 Å². The molecule has 2 aromatic rings. The molecule has 0 unspecified atom stereocenters. The molecule has 6 heteroatoms. The number of carbonyl (C=O) groups excluding carboxylic acids is 1. The summed E-state index contributed by atoms with van der Waals surface area (Å²) in [7, 11) is 0. The van der Waals surface area contributed by atoms with E-state index < -0.39 is 11.7 Å². The Bertz CT molecular complexity index is 903. The molecule has 138 valence electrons. The number of nitriles is 1. The molecule has 0 saturated carbocycles. The lowest BCUT2D eigenvalue weighted by atomic mass is 10.00. The van der Waals surface area contributed by atoms with Crippen molar-refractivity contribution in [3.05, 3.63) is 75.9 Å². The Kier molecular flexibility index (Phi) is 5.64. The number of esters is 1. The standard InChI is InChI=1S/C21H19BrN2O3/c1-2-27-20(25)18(14-23)19-12-13-21(26,15-6-4-3-5-7-15)24(19)17-10-8-16(22)9-11-17/h3-11,26H,2,12-13H2,1H3/b19-18+/t21-/m1/s1. The molecule has 2 aromatic carbocycles. The Morgan fingerprint density at radius 3 is 2.52 bits per heavy atom. The van der Waals surface area contributed by atoms with Crippen LogP contribution >= 0.6 is 15.9 Å². The molecule has 1 fully saturated rings. The fraction of sp³-hybridized carbons (Fsp3) is 0.238. The zero-order valence-corrected chi connectivity index (χ0v) is 16.4. The smallest absolute Gasteiger partial charge is 0.350 e. The van der Waals surface area contributed by atoms with E-state index in [1.165, 1.54) is 0 Å². The molecule has 0 amide bonds. The van der Waals surface area contributed by atoms with E-state index in [2.05, 4.69) is 15.9 Å². The molecule has 3 rings (SSSR count). The van der Waals surface area contributed by atoms with Gasteiger partial charge in [0.2, 0.25) is 0 Å². The quantitative estimate of drug-likeness (QED) is 0.449. The first-order chi connectivity index (χ1) is 13.0. The zero-order valence-electron chi connectivity index (χ0n) is 14.9. The predicted molar refractivity (Wildman–Crippen MR) is 105 cm³/mol. The normalized spacial score (nSPS) is 20.9. The van der Waals surface area contributed by atoms with Gasteiger partial charge in [0, 0.05) is 27.8 Å². The van der Waals surface area contributed by atoms with Crippen LogP contribution in [0.4, 0.5) is 5.69 Å². The lowest BCUT2D eigenvalue weighted by molar-refractivity contribution is -0.138. The predicted octanol–water partition coefficient (Wildman–Crippen LogP) is 4.24. The Labute approximate surface area is 166 Å². The summed E-state index contributed by atoms with van der Waals surface area (Å²) in [4.78, 5) is 14.0. The van der Waals surface area contributed by atoms with E-state index in [1.54, 1.807) is 11.8 Å². The second kappa shape index (κ2) is 7.95. The minimum Gasteiger partial charge on any atom is -0.462 e. The lowest BCUT2D eigenvalue weighted by Crippen LogP contribution is -2.41. The first-order valence-corrected chi connectivity index (χ1v) is 9.44. The fourth-order valence-corrected chi connectivity index (χ4v) is 3.61. The molecule has 1 N–H and O–H groups in total. The van der Waals surface area contributed by atoms with E-state index in [-0.39, 0.29) is 12.2 Å². The van der Waals surface area contributed by atoms with Gasteiger partial charge in [0.25, 0.3) is 0 Å². The third-order valence-electron chi connectivity index (χ3n) is 4.55. The minimum atomic E-state index is -1.36. The number of allylic oxidation sites excluding steroid dienone is 1. The van der Waals surface area contributed by atoms with Crippen molar-refractivity contribution < 1.29 is 14.6 Å². The van der Waals surface area contributed by atoms with Crippen molar-refractivity contribution in [2.45, 2.75) is 25.5 Å². The minimum absolute atomic E-state index is 0.0772. The average Bonchev–Trinajstić information content (AvgIpc) is 3.02. The first-order valence-electron chi connectivity index (χ1n) is 8.65. The number of aliphatic hydroxyl groups is 1. The Hall–Kier alpha value is -2.62. The SMILES string of the molecule is CCOC(=O)/C(C#N)=C1\CC[C@@](O)(c2ccccc2)N1c1ccc(Br)cc1. The van der Waals surface area contributed by atoms with E-state index in [0.29, 0.717) is 29.8 Å². The number of halogens is 1. The van der Waals surface area contributed by atoms with Gasteiger partial charge in [-0.2, -0.15) is 5.26 Å². The molecule has 1 aliphatic heterocycles. The van der Waals surface area contributed by atoms with Crippen molar-refractivity contribution in [1.29, 1.82) is 5.26 Å². The van der Waals surface area contributed by atoms with Crippen molar-refractivity contribution in [2.75, 3.05) is 11.5 Å². The zero-order chi connectivity index (χ0) is 19.4. The maximum absolute atomic E-state index is 12.3. The molecule has 1 saturated heterocycles. The van der Waals surface area contributed by atoms with Crippen LogP contribution < -0.4 is 4.90 Å². The van der Waals surface area contributed by atoms with Crippen LogP contribution in [0.5, 0.6) is 0 Å². The van der Waals surface area contributed by atoms with E-state index in [9.17, 15) is 15.2 Å². The van der Waals surface area contributed by atoms with E-state index in [1.807, 2.05) is 60.7 Å². The first kappa shape index (κ1) is 19.2. The summed E-state index contributed by atoms with van der Waals surface area (Å²) < 4.78 is 5.94. The molecule has 1 atom stereocenters. The van der Waals surface area contributed by atoms with E-state index in [4.69, 9.17) is 4.74 Å². The summed E-state index contributed by atoms with van der Waals surface area (Å²) in [5, 5.41) is 21.2. The molecule has 1 heterocycles. The molecule has 0 aromatic heterocycles. The Balaban J connectivity index is 2.19. The van der Waals surface area contributed by atoms with Crippen LogP contribution in [0.25, 0.3) is 0 Å². The number of carbonyl (C=O) groups is 1. The topological polar surface area (TPSA) is 73.6 Å². The number of rotatable bonds is 4. The number of ether oxygens (including phenoxy) is 1. The van der Waals surface area contributed by atoms with E-state index in [0.717, 1.165) is 4.47 Å².